The van der Waals surface area contributed by atoms with Crippen molar-refractivity contribution in [2.45, 2.75) is 101 Å². The largest absolute Gasteiger partial charge is 0.465 e. The highest BCUT2D eigenvalue weighted by Gasteiger charge is 2.37. The number of alkyl halides is 2. The van der Waals surface area contributed by atoms with Gasteiger partial charge in [-0.15, -0.1) is 0 Å². The Morgan fingerprint density at radius 2 is 1.20 bits per heavy atom. The molecule has 0 aromatic heterocycles. The molecule has 0 aliphatic rings. The van der Waals surface area contributed by atoms with Crippen LogP contribution in [-0.4, -0.2) is 83.0 Å². The molecule has 0 saturated carbocycles. The van der Waals surface area contributed by atoms with Gasteiger partial charge in [0.05, 0.1) is 49.2 Å². The van der Waals surface area contributed by atoms with Crippen molar-refractivity contribution in [2.75, 3.05) is 46.2 Å². The van der Waals surface area contributed by atoms with Gasteiger partial charge in [0.25, 0.3) is 0 Å². The highest BCUT2D eigenvalue weighted by atomic mass is 79.9. The van der Waals surface area contributed by atoms with Gasteiger partial charge in [-0.05, 0) is 76.3 Å². The van der Waals surface area contributed by atoms with E-state index in [9.17, 15) is 14.4 Å². The Labute approximate surface area is 291 Å². The van der Waals surface area contributed by atoms with Crippen LogP contribution in [0.3, 0.4) is 0 Å². The minimum atomic E-state index is -1.10. The number of aryl methyl sites for hydroxylation is 2. The first-order valence-electron chi connectivity index (χ1n) is 16.3. The van der Waals surface area contributed by atoms with Crippen LogP contribution >= 0.6 is 31.9 Å². The first kappa shape index (κ1) is 42.5. The summed E-state index contributed by atoms with van der Waals surface area (Å²) in [6, 6.07) is 8.10. The molecule has 4 atom stereocenters. The maximum absolute atomic E-state index is 13.0. The second-order valence-electron chi connectivity index (χ2n) is 12.0. The van der Waals surface area contributed by atoms with E-state index in [-0.39, 0.29) is 57.3 Å². The van der Waals surface area contributed by atoms with E-state index in [2.05, 4.69) is 31.9 Å². The summed E-state index contributed by atoms with van der Waals surface area (Å²) in [7, 11) is 0. The number of ether oxygens (including phenoxy) is 3. The third-order valence-corrected chi connectivity index (χ3v) is 8.61. The molecule has 264 valence electrons. The minimum Gasteiger partial charge on any atom is -0.465 e. The number of hydrogen-bond acceptors (Lipinski definition) is 10. The molecule has 0 aliphatic carbocycles. The lowest BCUT2D eigenvalue weighted by Crippen LogP contribution is -2.36. The second kappa shape index (κ2) is 23.7. The number of benzene rings is 1. The Morgan fingerprint density at radius 3 is 1.65 bits per heavy atom. The molecule has 1 rings (SSSR count). The molecular formula is C34H54Br2O10. The fourth-order valence-electron chi connectivity index (χ4n) is 4.70. The van der Waals surface area contributed by atoms with Crippen molar-refractivity contribution >= 4 is 49.8 Å². The lowest BCUT2D eigenvalue weighted by atomic mass is 9.89. The zero-order valence-corrected chi connectivity index (χ0v) is 31.1. The van der Waals surface area contributed by atoms with Gasteiger partial charge in [0, 0.05) is 0 Å². The molecule has 0 aliphatic heterocycles. The Hall–Kier alpha value is -1.57. The molecule has 10 nitrogen and oxygen atoms in total. The summed E-state index contributed by atoms with van der Waals surface area (Å²) in [5.41, 5.74) is 2.11. The van der Waals surface area contributed by atoms with Gasteiger partial charge in [-0.1, -0.05) is 82.8 Å². The average Bonchev–Trinajstić information content (AvgIpc) is 3.02. The van der Waals surface area contributed by atoms with E-state index >= 15 is 0 Å². The smallest absolute Gasteiger partial charge is 0.322 e. The van der Waals surface area contributed by atoms with Crippen LogP contribution in [0.25, 0.3) is 0 Å². The van der Waals surface area contributed by atoms with Crippen LogP contribution in [0.4, 0.5) is 0 Å². The van der Waals surface area contributed by atoms with Crippen molar-refractivity contribution in [1.29, 1.82) is 0 Å². The Bertz CT molecular complexity index is 1000. The third-order valence-electron chi connectivity index (χ3n) is 7.41. The topological polar surface area (TPSA) is 138 Å². The van der Waals surface area contributed by atoms with Crippen LogP contribution in [0.2, 0.25) is 0 Å². The number of halogens is 2. The zero-order valence-electron chi connectivity index (χ0n) is 27.9. The van der Waals surface area contributed by atoms with Crippen LogP contribution in [0.5, 0.6) is 0 Å². The van der Waals surface area contributed by atoms with Crippen LogP contribution in [0, 0.1) is 11.8 Å². The number of unbranched alkanes of at least 4 members (excludes halogenated alkanes) is 2. The normalized spacial score (nSPS) is 15.3. The van der Waals surface area contributed by atoms with E-state index in [0.717, 1.165) is 36.8 Å². The van der Waals surface area contributed by atoms with Gasteiger partial charge in [0.15, 0.2) is 0 Å². The fraction of sp³-hybridized carbons (Fsp3) is 0.735. The molecule has 46 heavy (non-hydrogen) atoms. The molecule has 2 N–H and O–H groups in total. The first-order chi connectivity index (χ1) is 21.9. The first-order valence-corrected chi connectivity index (χ1v) is 17.9. The summed E-state index contributed by atoms with van der Waals surface area (Å²) in [6.07, 6.45) is 6.44. The number of aliphatic hydroxyl groups excluding tert-OH is 2. The molecule has 0 amide bonds. The summed E-state index contributed by atoms with van der Waals surface area (Å²) in [4.78, 5) is 48.7. The number of hydrogen-bond donors (Lipinski definition) is 2. The van der Waals surface area contributed by atoms with Crippen molar-refractivity contribution in [1.82, 2.24) is 0 Å². The lowest BCUT2D eigenvalue weighted by Gasteiger charge is -2.26. The van der Waals surface area contributed by atoms with E-state index in [1.54, 1.807) is 6.92 Å². The van der Waals surface area contributed by atoms with Crippen molar-refractivity contribution in [2.24, 2.45) is 11.8 Å². The molecule has 0 radical (unpaired) electrons. The van der Waals surface area contributed by atoms with Crippen molar-refractivity contribution in [3.05, 3.63) is 35.4 Å². The third kappa shape index (κ3) is 18.1. The molecule has 0 saturated heterocycles. The second-order valence-corrected chi connectivity index (χ2v) is 15.7. The van der Waals surface area contributed by atoms with Crippen LogP contribution < -0.4 is 0 Å². The van der Waals surface area contributed by atoms with Gasteiger partial charge in [0.2, 0.25) is 0 Å². The van der Waals surface area contributed by atoms with Gasteiger partial charge in [-0.3, -0.25) is 14.4 Å². The Morgan fingerprint density at radius 1 is 0.717 bits per heavy atom. The van der Waals surface area contributed by atoms with Gasteiger partial charge in [-0.2, -0.15) is 0 Å². The summed E-state index contributed by atoms with van der Waals surface area (Å²) in [5, 5.41) is 17.9. The molecular weight excluding hydrogens is 728 g/mol. The number of aliphatic hydroxyl groups is 2. The number of esters is 3. The monoisotopic (exact) mass is 780 g/mol. The van der Waals surface area contributed by atoms with E-state index in [1.165, 1.54) is 0 Å². The van der Waals surface area contributed by atoms with E-state index in [0.29, 0.717) is 45.3 Å². The highest BCUT2D eigenvalue weighted by molar-refractivity contribution is 9.10. The maximum atomic E-state index is 13.0. The molecule has 0 heterocycles. The van der Waals surface area contributed by atoms with Gasteiger partial charge in [-0.25, -0.2) is 9.78 Å². The van der Waals surface area contributed by atoms with E-state index in [4.69, 9.17) is 34.2 Å². The maximum Gasteiger partial charge on any atom is 0.322 e. The number of carbonyl (C=O) groups excluding carboxylic acids is 3. The number of rotatable bonds is 26. The molecule has 1 aromatic rings. The van der Waals surface area contributed by atoms with Crippen molar-refractivity contribution < 1.29 is 48.6 Å². The fourth-order valence-corrected chi connectivity index (χ4v) is 5.69. The standard InChI is InChI=1S/C34H54Br2O10/c1-5-7-19-42-30(39)28(23-33(3,35)25-46-45-22-18-38)15-13-26-9-11-27(12-10-26)14-16-29(31(40)43-20-8-6-2)24-34(4,36)32(41)44-21-17-37/h9-12,28-29,37-38H,5-8,13-25H2,1-4H3. The quantitative estimate of drug-likeness (QED) is 0.0286. The van der Waals surface area contributed by atoms with Crippen LogP contribution in [0.15, 0.2) is 24.3 Å². The average molecular weight is 783 g/mol. The highest BCUT2D eigenvalue weighted by Crippen LogP contribution is 2.32. The SMILES string of the molecule is CCCCOC(=O)C(CCc1ccc(CCC(CC(C)(Br)C(=O)OCCO)C(=O)OCCCC)cc1)CC(C)(Br)COOCCO. The van der Waals surface area contributed by atoms with Crippen molar-refractivity contribution in [3.63, 3.8) is 0 Å². The molecule has 4 unspecified atom stereocenters. The van der Waals surface area contributed by atoms with Crippen LogP contribution in [0.1, 0.15) is 90.2 Å². The van der Waals surface area contributed by atoms with E-state index < -0.39 is 20.5 Å². The lowest BCUT2D eigenvalue weighted by molar-refractivity contribution is -0.301. The zero-order chi connectivity index (χ0) is 34.4. The molecule has 1 aromatic carbocycles. The van der Waals surface area contributed by atoms with Gasteiger partial charge >= 0.3 is 17.9 Å². The van der Waals surface area contributed by atoms with E-state index in [1.807, 2.05) is 45.0 Å². The summed E-state index contributed by atoms with van der Waals surface area (Å²) < 4.78 is 14.6. The van der Waals surface area contributed by atoms with Gasteiger partial charge in [0.1, 0.15) is 17.5 Å². The van der Waals surface area contributed by atoms with Crippen LogP contribution in [-0.2, 0) is 51.2 Å². The molecule has 0 fully saturated rings. The Kier molecular flexibility index (Phi) is 21.9. The minimum absolute atomic E-state index is 0.0706. The molecule has 0 bridgehead atoms. The Balaban J connectivity index is 2.89. The predicted octanol–water partition coefficient (Wildman–Crippen LogP) is 6.03. The number of carbonyl (C=O) groups is 3. The summed E-state index contributed by atoms with van der Waals surface area (Å²) in [5.74, 6) is -2.00. The molecule has 12 heteroatoms. The van der Waals surface area contributed by atoms with Gasteiger partial charge < -0.3 is 24.4 Å². The molecule has 0 spiro atoms. The summed E-state index contributed by atoms with van der Waals surface area (Å²) >= 11 is 7.10. The van der Waals surface area contributed by atoms with Crippen molar-refractivity contribution in [3.8, 4) is 0 Å². The predicted molar refractivity (Wildman–Crippen MR) is 183 cm³/mol. The summed E-state index contributed by atoms with van der Waals surface area (Å²) in [6.45, 7) is 8.13.